The van der Waals surface area contributed by atoms with E-state index in [2.05, 4.69) is 48.0 Å². The molecule has 0 spiro atoms. The van der Waals surface area contributed by atoms with Gasteiger partial charge in [-0.25, -0.2) is 4.39 Å². The van der Waals surface area contributed by atoms with Crippen LogP contribution in [0, 0.1) is 0 Å². The highest BCUT2D eigenvalue weighted by molar-refractivity contribution is 5.64. The van der Waals surface area contributed by atoms with Crippen LogP contribution < -0.4 is 10.6 Å². The second-order valence-electron chi connectivity index (χ2n) is 7.91. The number of benzene rings is 2. The van der Waals surface area contributed by atoms with Crippen molar-refractivity contribution < 1.29 is 4.39 Å². The molecule has 2 aliphatic rings. The first-order valence-corrected chi connectivity index (χ1v) is 9.95. The average Bonchev–Trinajstić information content (AvgIpc) is 3.48. The molecule has 2 fully saturated rings. The van der Waals surface area contributed by atoms with Crippen molar-refractivity contribution in [2.75, 3.05) is 7.05 Å². The fourth-order valence-corrected chi connectivity index (χ4v) is 4.36. The fourth-order valence-electron chi connectivity index (χ4n) is 4.36. The maximum Gasteiger partial charge on any atom is 0.115 e. The summed E-state index contributed by atoms with van der Waals surface area (Å²) < 4.78 is 12.9. The van der Waals surface area contributed by atoms with Gasteiger partial charge in [-0.1, -0.05) is 42.5 Å². The zero-order chi connectivity index (χ0) is 17.9. The van der Waals surface area contributed by atoms with Gasteiger partial charge in [0.05, 0.1) is 0 Å². The van der Waals surface area contributed by atoms with E-state index < -0.39 is 6.67 Å². The maximum absolute atomic E-state index is 12.9. The Bertz CT molecular complexity index is 719. The van der Waals surface area contributed by atoms with Gasteiger partial charge in [0.25, 0.3) is 0 Å². The molecule has 0 unspecified atom stereocenters. The summed E-state index contributed by atoms with van der Waals surface area (Å²) in [5, 5.41) is 7.28. The van der Waals surface area contributed by atoms with Gasteiger partial charge in [0.15, 0.2) is 0 Å². The molecule has 3 heteroatoms. The summed E-state index contributed by atoms with van der Waals surface area (Å²) in [6.45, 7) is -0.405. The van der Waals surface area contributed by atoms with E-state index in [1.807, 2.05) is 18.2 Å². The normalized spacial score (nSPS) is 28.1. The van der Waals surface area contributed by atoms with E-state index in [9.17, 15) is 4.39 Å². The Morgan fingerprint density at radius 2 is 1.65 bits per heavy atom. The van der Waals surface area contributed by atoms with Gasteiger partial charge < -0.3 is 10.6 Å². The molecule has 0 amide bonds. The van der Waals surface area contributed by atoms with Crippen LogP contribution in [0.4, 0.5) is 4.39 Å². The molecular formula is C23H29FN2. The van der Waals surface area contributed by atoms with Crippen LogP contribution in [0.25, 0.3) is 11.1 Å². The van der Waals surface area contributed by atoms with Crippen molar-refractivity contribution in [2.24, 2.45) is 0 Å². The van der Waals surface area contributed by atoms with E-state index in [-0.39, 0.29) is 0 Å². The third-order valence-corrected chi connectivity index (χ3v) is 6.13. The van der Waals surface area contributed by atoms with Crippen LogP contribution >= 0.6 is 0 Å². The Hall–Kier alpha value is -1.71. The quantitative estimate of drug-likeness (QED) is 0.780. The van der Waals surface area contributed by atoms with Crippen LogP contribution in [0.2, 0.25) is 0 Å². The zero-order valence-electron chi connectivity index (χ0n) is 15.5. The second kappa shape index (κ2) is 7.89. The van der Waals surface area contributed by atoms with Gasteiger partial charge in [-0.3, -0.25) is 0 Å². The molecule has 2 saturated carbocycles. The third kappa shape index (κ3) is 3.99. The predicted molar refractivity (Wildman–Crippen MR) is 106 cm³/mol. The molecule has 0 aromatic heterocycles. The second-order valence-corrected chi connectivity index (χ2v) is 7.91. The smallest absolute Gasteiger partial charge is 0.115 e. The largest absolute Gasteiger partial charge is 0.317 e. The third-order valence-electron chi connectivity index (χ3n) is 6.13. The lowest BCUT2D eigenvalue weighted by Crippen LogP contribution is -2.39. The van der Waals surface area contributed by atoms with E-state index in [1.54, 1.807) is 0 Å². The van der Waals surface area contributed by atoms with Crippen LogP contribution in [0.15, 0.2) is 48.5 Å². The van der Waals surface area contributed by atoms with Crippen molar-refractivity contribution in [3.8, 4) is 11.1 Å². The summed E-state index contributed by atoms with van der Waals surface area (Å²) >= 11 is 0. The van der Waals surface area contributed by atoms with Crippen LogP contribution in [0.1, 0.15) is 49.1 Å². The average molecular weight is 352 g/mol. The summed E-state index contributed by atoms with van der Waals surface area (Å²) in [4.78, 5) is 0. The summed E-state index contributed by atoms with van der Waals surface area (Å²) in [7, 11) is 2.08. The molecule has 0 saturated heterocycles. The van der Waals surface area contributed by atoms with Crippen molar-refractivity contribution >= 4 is 0 Å². The Balaban J connectivity index is 1.34. The van der Waals surface area contributed by atoms with Crippen molar-refractivity contribution in [1.29, 1.82) is 0 Å². The van der Waals surface area contributed by atoms with Crippen molar-refractivity contribution in [3.63, 3.8) is 0 Å². The predicted octanol–water partition coefficient (Wildman–Crippen LogP) is 4.80. The molecule has 2 atom stereocenters. The van der Waals surface area contributed by atoms with E-state index in [0.29, 0.717) is 24.0 Å². The van der Waals surface area contributed by atoms with Crippen LogP contribution in [-0.2, 0) is 6.67 Å². The van der Waals surface area contributed by atoms with Crippen LogP contribution in [0.3, 0.4) is 0 Å². The summed E-state index contributed by atoms with van der Waals surface area (Å²) in [5.74, 6) is 0.656. The van der Waals surface area contributed by atoms with Crippen molar-refractivity contribution in [3.05, 3.63) is 59.7 Å². The Kier molecular flexibility index (Phi) is 5.37. The highest BCUT2D eigenvalue weighted by atomic mass is 19.1. The number of halogens is 1. The molecule has 0 aliphatic heterocycles. The molecule has 2 aliphatic carbocycles. The number of hydrogen-bond donors (Lipinski definition) is 2. The van der Waals surface area contributed by atoms with E-state index >= 15 is 0 Å². The molecule has 2 aromatic carbocycles. The first kappa shape index (κ1) is 17.7. The van der Waals surface area contributed by atoms with Gasteiger partial charge >= 0.3 is 0 Å². The molecule has 138 valence electrons. The molecule has 2 nitrogen and oxygen atoms in total. The van der Waals surface area contributed by atoms with Crippen molar-refractivity contribution in [1.82, 2.24) is 10.6 Å². The standard InChI is InChI=1S/C23H29FN2/c1-25-20-9-11-21(12-10-20)26-23-14-22(23)18-7-5-17(6-8-18)19-4-2-3-16(13-19)15-24/h2-8,13,20-23,25-26H,9-12,14-15H2,1H3/t20?,21?,22-,23+/m1/s1. The lowest BCUT2D eigenvalue weighted by molar-refractivity contribution is 0.315. The minimum atomic E-state index is -0.405. The highest BCUT2D eigenvalue weighted by Gasteiger charge is 2.39. The number of nitrogens with one attached hydrogen (secondary N) is 2. The van der Waals surface area contributed by atoms with Gasteiger partial charge in [-0.15, -0.1) is 0 Å². The number of rotatable bonds is 6. The molecule has 2 N–H and O–H groups in total. The summed E-state index contributed by atoms with van der Waals surface area (Å²) in [5.41, 5.74) is 4.43. The zero-order valence-corrected chi connectivity index (χ0v) is 15.5. The highest BCUT2D eigenvalue weighted by Crippen LogP contribution is 2.42. The fraction of sp³-hybridized carbons (Fsp3) is 0.478. The van der Waals surface area contributed by atoms with Gasteiger partial charge in [0.1, 0.15) is 6.67 Å². The topological polar surface area (TPSA) is 24.1 Å². The lowest BCUT2D eigenvalue weighted by Gasteiger charge is -2.29. The van der Waals surface area contributed by atoms with Crippen LogP contribution in [0.5, 0.6) is 0 Å². The minimum absolute atomic E-state index is 0.405. The minimum Gasteiger partial charge on any atom is -0.317 e. The molecule has 2 aromatic rings. The summed E-state index contributed by atoms with van der Waals surface area (Å²) in [6, 6.07) is 18.7. The van der Waals surface area contributed by atoms with Gasteiger partial charge in [-0.05, 0) is 67.5 Å². The summed E-state index contributed by atoms with van der Waals surface area (Å²) in [6.07, 6.45) is 6.41. The van der Waals surface area contributed by atoms with Gasteiger partial charge in [0.2, 0.25) is 0 Å². The first-order valence-electron chi connectivity index (χ1n) is 9.95. The van der Waals surface area contributed by atoms with Gasteiger partial charge in [0, 0.05) is 24.0 Å². The first-order chi connectivity index (χ1) is 12.8. The van der Waals surface area contributed by atoms with E-state index in [4.69, 9.17) is 0 Å². The Morgan fingerprint density at radius 3 is 2.35 bits per heavy atom. The molecular weight excluding hydrogens is 323 g/mol. The SMILES string of the molecule is CNC1CCC(N[C@H]2C[C@@H]2c2ccc(-c3cccc(CF)c3)cc2)CC1. The Labute approximate surface area is 156 Å². The van der Waals surface area contributed by atoms with E-state index in [0.717, 1.165) is 11.1 Å². The monoisotopic (exact) mass is 352 g/mol. The molecule has 0 radical (unpaired) electrons. The van der Waals surface area contributed by atoms with Crippen molar-refractivity contribution in [2.45, 2.75) is 62.8 Å². The number of alkyl halides is 1. The lowest BCUT2D eigenvalue weighted by atomic mass is 9.91. The van der Waals surface area contributed by atoms with Gasteiger partial charge in [-0.2, -0.15) is 0 Å². The Morgan fingerprint density at radius 1 is 0.923 bits per heavy atom. The maximum atomic E-state index is 12.9. The van der Waals surface area contributed by atoms with Crippen LogP contribution in [-0.4, -0.2) is 25.2 Å². The number of hydrogen-bond acceptors (Lipinski definition) is 2. The molecule has 0 bridgehead atoms. The van der Waals surface area contributed by atoms with E-state index in [1.165, 1.54) is 43.2 Å². The molecule has 4 rings (SSSR count). The molecule has 0 heterocycles. The molecule has 26 heavy (non-hydrogen) atoms.